The molecule has 6 nitrogen and oxygen atoms in total. The molecule has 2 aliphatic heterocycles. The summed E-state index contributed by atoms with van der Waals surface area (Å²) in [5, 5.41) is 10.3. The number of rotatable bonds is 4. The van der Waals surface area contributed by atoms with Gasteiger partial charge in [0, 0.05) is 31.7 Å². The van der Waals surface area contributed by atoms with Crippen molar-refractivity contribution in [2.45, 2.75) is 92.0 Å². The Morgan fingerprint density at radius 1 is 0.861 bits per heavy atom. The number of hydrogen-bond donors (Lipinski definition) is 1. The van der Waals surface area contributed by atoms with Crippen LogP contribution in [0.5, 0.6) is 0 Å². The second-order valence-electron chi connectivity index (χ2n) is 11.4. The molecular formula is C30H40N2O4. The first kappa shape index (κ1) is 26.2. The summed E-state index contributed by atoms with van der Waals surface area (Å²) in [7, 11) is 0. The number of carbonyl (C=O) groups excluding carboxylic acids is 1. The number of amides is 2. The van der Waals surface area contributed by atoms with Gasteiger partial charge in [-0.2, -0.15) is 0 Å². The topological polar surface area (TPSA) is 70.1 Å². The minimum Gasteiger partial charge on any atom is -0.479 e. The van der Waals surface area contributed by atoms with E-state index in [1.807, 2.05) is 44.4 Å². The van der Waals surface area contributed by atoms with Gasteiger partial charge in [-0.1, -0.05) is 42.7 Å². The van der Waals surface area contributed by atoms with Crippen LogP contribution in [0.1, 0.15) is 85.9 Å². The second kappa shape index (κ2) is 10.3. The Morgan fingerprint density at radius 3 is 1.94 bits per heavy atom. The largest absolute Gasteiger partial charge is 0.479 e. The van der Waals surface area contributed by atoms with Crippen LogP contribution in [0.3, 0.4) is 0 Å². The number of hydrogen-bond acceptors (Lipinski definition) is 3. The molecule has 0 aliphatic carbocycles. The monoisotopic (exact) mass is 492 g/mol. The maximum Gasteiger partial charge on any atom is 0.337 e. The van der Waals surface area contributed by atoms with Gasteiger partial charge in [-0.15, -0.1) is 0 Å². The molecule has 0 saturated carbocycles. The van der Waals surface area contributed by atoms with Crippen LogP contribution in [0.4, 0.5) is 4.79 Å². The fourth-order valence-corrected chi connectivity index (χ4v) is 5.62. The highest BCUT2D eigenvalue weighted by atomic mass is 16.5. The van der Waals surface area contributed by atoms with Crippen molar-refractivity contribution in [3.05, 3.63) is 57.6 Å². The number of carboxylic acid groups (broad SMARTS) is 1. The Morgan fingerprint density at radius 2 is 1.42 bits per heavy atom. The third kappa shape index (κ3) is 5.29. The van der Waals surface area contributed by atoms with Crippen LogP contribution in [0.15, 0.2) is 24.3 Å². The van der Waals surface area contributed by atoms with Gasteiger partial charge in [0.05, 0.1) is 5.60 Å². The lowest BCUT2D eigenvalue weighted by atomic mass is 9.83. The summed E-state index contributed by atoms with van der Waals surface area (Å²) in [4.78, 5) is 30.0. The zero-order valence-electron chi connectivity index (χ0n) is 22.6. The molecule has 1 saturated heterocycles. The summed E-state index contributed by atoms with van der Waals surface area (Å²) in [6.07, 6.45) is 3.35. The molecule has 4 rings (SSSR count). The lowest BCUT2D eigenvalue weighted by molar-refractivity contribution is -0.160. The first-order valence-corrected chi connectivity index (χ1v) is 13.1. The molecule has 1 atom stereocenters. The van der Waals surface area contributed by atoms with Crippen molar-refractivity contribution < 1.29 is 19.4 Å². The lowest BCUT2D eigenvalue weighted by Gasteiger charge is -2.29. The van der Waals surface area contributed by atoms with Gasteiger partial charge in [-0.05, 0) is 87.8 Å². The normalized spacial score (nSPS) is 17.1. The van der Waals surface area contributed by atoms with Gasteiger partial charge in [-0.3, -0.25) is 0 Å². The molecule has 0 radical (unpaired) electrons. The first-order chi connectivity index (χ1) is 17.0. The van der Waals surface area contributed by atoms with Crippen LogP contribution in [-0.4, -0.2) is 45.6 Å². The molecular weight excluding hydrogens is 452 g/mol. The molecule has 1 fully saturated rings. The summed E-state index contributed by atoms with van der Waals surface area (Å²) in [6, 6.07) is 8.30. The van der Waals surface area contributed by atoms with Gasteiger partial charge in [-0.25, -0.2) is 9.59 Å². The summed E-state index contributed by atoms with van der Waals surface area (Å²) in [5.74, 6) is -1.00. The summed E-state index contributed by atoms with van der Waals surface area (Å²) >= 11 is 0. The number of urea groups is 1. The molecule has 0 unspecified atom stereocenters. The first-order valence-electron chi connectivity index (χ1n) is 13.1. The Bertz CT molecular complexity index is 1140. The SMILES string of the molecule is Cc1ccc(-c2c(C)c3c(c(C)c2[C@H](OC(C)(C)C)C(=O)O)CN(C(=O)N2CCCCCC2)C3)cc1. The molecule has 2 aromatic carbocycles. The Labute approximate surface area is 215 Å². The molecule has 2 aromatic rings. The molecule has 1 N–H and O–H groups in total. The molecule has 2 heterocycles. The molecule has 6 heteroatoms. The summed E-state index contributed by atoms with van der Waals surface area (Å²) in [6.45, 7) is 14.4. The maximum absolute atomic E-state index is 13.5. The predicted octanol–water partition coefficient (Wildman–Crippen LogP) is 6.53. The van der Waals surface area contributed by atoms with Crippen molar-refractivity contribution >= 4 is 12.0 Å². The average Bonchev–Trinajstić information content (AvgIpc) is 3.09. The highest BCUT2D eigenvalue weighted by Crippen LogP contribution is 2.43. The van der Waals surface area contributed by atoms with Gasteiger partial charge in [0.2, 0.25) is 0 Å². The van der Waals surface area contributed by atoms with Crippen LogP contribution in [0.25, 0.3) is 11.1 Å². The van der Waals surface area contributed by atoms with Crippen LogP contribution in [-0.2, 0) is 22.6 Å². The molecule has 0 spiro atoms. The van der Waals surface area contributed by atoms with Crippen molar-refractivity contribution in [1.29, 1.82) is 0 Å². The number of benzene rings is 2. The van der Waals surface area contributed by atoms with Crippen molar-refractivity contribution in [3.8, 4) is 11.1 Å². The van der Waals surface area contributed by atoms with E-state index in [1.54, 1.807) is 0 Å². The third-order valence-electron chi connectivity index (χ3n) is 7.46. The zero-order chi connectivity index (χ0) is 26.2. The number of likely N-dealkylation sites (tertiary alicyclic amines) is 1. The van der Waals surface area contributed by atoms with Gasteiger partial charge < -0.3 is 19.6 Å². The van der Waals surface area contributed by atoms with E-state index in [9.17, 15) is 14.7 Å². The van der Waals surface area contributed by atoms with Crippen LogP contribution in [0.2, 0.25) is 0 Å². The third-order valence-corrected chi connectivity index (χ3v) is 7.46. The van der Waals surface area contributed by atoms with Gasteiger partial charge in [0.1, 0.15) is 0 Å². The van der Waals surface area contributed by atoms with Crippen LogP contribution >= 0.6 is 0 Å². The number of fused-ring (bicyclic) bond motifs is 1. The second-order valence-corrected chi connectivity index (χ2v) is 11.4. The van der Waals surface area contributed by atoms with Crippen LogP contribution in [0, 0.1) is 20.8 Å². The minimum absolute atomic E-state index is 0.0889. The van der Waals surface area contributed by atoms with Gasteiger partial charge >= 0.3 is 12.0 Å². The molecule has 194 valence electrons. The fraction of sp³-hybridized carbons (Fsp3) is 0.533. The number of aryl methyl sites for hydroxylation is 1. The number of carboxylic acids is 1. The van der Waals surface area contributed by atoms with E-state index < -0.39 is 17.7 Å². The molecule has 0 bridgehead atoms. The van der Waals surface area contributed by atoms with E-state index >= 15 is 0 Å². The number of aliphatic carboxylic acids is 1. The smallest absolute Gasteiger partial charge is 0.337 e. The highest BCUT2D eigenvalue weighted by molar-refractivity contribution is 5.85. The van der Waals surface area contributed by atoms with E-state index in [2.05, 4.69) is 31.2 Å². The van der Waals surface area contributed by atoms with Crippen molar-refractivity contribution in [2.24, 2.45) is 0 Å². The van der Waals surface area contributed by atoms with Crippen molar-refractivity contribution in [2.75, 3.05) is 13.1 Å². The number of ether oxygens (including phenoxy) is 1. The maximum atomic E-state index is 13.5. The van der Waals surface area contributed by atoms with Crippen molar-refractivity contribution in [3.63, 3.8) is 0 Å². The number of nitrogens with zero attached hydrogens (tertiary/aromatic N) is 2. The number of carbonyl (C=O) groups is 2. The quantitative estimate of drug-likeness (QED) is 0.527. The van der Waals surface area contributed by atoms with Gasteiger partial charge in [0.25, 0.3) is 0 Å². The lowest BCUT2D eigenvalue weighted by Crippen LogP contribution is -2.41. The Hall–Kier alpha value is -2.86. The summed E-state index contributed by atoms with van der Waals surface area (Å²) < 4.78 is 6.16. The minimum atomic E-state index is -1.11. The van der Waals surface area contributed by atoms with E-state index in [-0.39, 0.29) is 6.03 Å². The zero-order valence-corrected chi connectivity index (χ0v) is 22.6. The van der Waals surface area contributed by atoms with E-state index in [0.29, 0.717) is 18.7 Å². The van der Waals surface area contributed by atoms with Crippen molar-refractivity contribution in [1.82, 2.24) is 9.80 Å². The van der Waals surface area contributed by atoms with E-state index in [0.717, 1.165) is 64.9 Å². The standard InChI is InChI=1S/C30H40N2O4/c1-19-11-13-22(14-12-19)25-20(2)23-17-32(29(35)31-15-9-7-8-10-16-31)18-24(23)21(3)26(25)27(28(33)34)36-30(4,5)6/h11-14,27H,7-10,15-18H2,1-6H3,(H,33,34)/t27-/m0/s1. The molecule has 2 aliphatic rings. The predicted molar refractivity (Wildman–Crippen MR) is 142 cm³/mol. The highest BCUT2D eigenvalue weighted by Gasteiger charge is 2.37. The molecule has 36 heavy (non-hydrogen) atoms. The van der Waals surface area contributed by atoms with Gasteiger partial charge in [0.15, 0.2) is 6.10 Å². The summed E-state index contributed by atoms with van der Waals surface area (Å²) in [5.41, 5.74) is 7.22. The Kier molecular flexibility index (Phi) is 7.46. The van der Waals surface area contributed by atoms with Crippen LogP contribution < -0.4 is 0 Å². The average molecular weight is 493 g/mol. The van der Waals surface area contributed by atoms with E-state index in [4.69, 9.17) is 4.74 Å². The molecule has 0 aromatic heterocycles. The Balaban J connectivity index is 1.83. The fourth-order valence-electron chi connectivity index (χ4n) is 5.62. The molecule has 2 amide bonds. The van der Waals surface area contributed by atoms with E-state index in [1.165, 1.54) is 12.8 Å².